The van der Waals surface area contributed by atoms with Crippen molar-refractivity contribution < 1.29 is 31.4 Å². The predicted molar refractivity (Wildman–Crippen MR) is 105 cm³/mol. The molecule has 1 atom stereocenters. The lowest BCUT2D eigenvalue weighted by Gasteiger charge is -2.37. The molecule has 0 fully saturated rings. The van der Waals surface area contributed by atoms with E-state index in [0.717, 1.165) is 24.4 Å². The molecule has 5 N–H and O–H groups in total. The van der Waals surface area contributed by atoms with E-state index in [9.17, 15) is 22.7 Å². The summed E-state index contributed by atoms with van der Waals surface area (Å²) in [5, 5.41) is 14.5. The normalized spacial score (nSPS) is 13.8. The Kier molecular flexibility index (Phi) is 6.56. The molecule has 33 heavy (non-hydrogen) atoms. The Morgan fingerprint density at radius 1 is 0.970 bits per heavy atom. The van der Waals surface area contributed by atoms with Crippen LogP contribution < -0.4 is 11.7 Å². The minimum Gasteiger partial charge on any atom is -0.377 e. The summed E-state index contributed by atoms with van der Waals surface area (Å²) in [6.45, 7) is -1.14. The number of aromatic nitrogens is 2. The molecule has 7 nitrogen and oxygen atoms in total. The van der Waals surface area contributed by atoms with Crippen molar-refractivity contribution in [2.24, 2.45) is 16.8 Å². The average Bonchev–Trinajstić information content (AvgIpc) is 2.75. The van der Waals surface area contributed by atoms with Crippen LogP contribution in [0.2, 0.25) is 0 Å². The lowest BCUT2D eigenvalue weighted by molar-refractivity contribution is -0.204. The summed E-state index contributed by atoms with van der Waals surface area (Å²) >= 11 is 0. The van der Waals surface area contributed by atoms with Crippen molar-refractivity contribution in [3.63, 3.8) is 0 Å². The number of halogens is 6. The quantitative estimate of drug-likeness (QED) is 0.161. The fraction of sp³-hybridized carbons (Fsp3) is 0.150. The lowest BCUT2D eigenvalue weighted by atomic mass is 9.84. The molecule has 1 heterocycles. The number of rotatable bonds is 7. The van der Waals surface area contributed by atoms with Crippen LogP contribution in [0.15, 0.2) is 53.9 Å². The van der Waals surface area contributed by atoms with E-state index in [2.05, 4.69) is 15.1 Å². The summed E-state index contributed by atoms with van der Waals surface area (Å²) in [6, 6.07) is 4.39. The fourth-order valence-corrected chi connectivity index (χ4v) is 3.08. The molecule has 0 radical (unpaired) electrons. The second kappa shape index (κ2) is 9.03. The van der Waals surface area contributed by atoms with Gasteiger partial charge in [0.1, 0.15) is 23.7 Å². The molecular formula is C20H16F6N6O. The van der Waals surface area contributed by atoms with Crippen molar-refractivity contribution in [1.29, 1.82) is 0 Å². The van der Waals surface area contributed by atoms with Gasteiger partial charge in [0, 0.05) is 17.2 Å². The van der Waals surface area contributed by atoms with E-state index in [1.165, 1.54) is 0 Å². The standard InChI is InChI=1S/C20H16F6N6O/c21-12-2-3-13(15(23)6-12)19(33,9-32(28)10-31-27)20(25,26)18-8-29-17(7-30-18)11-1-4-14(22)16(24)5-11/h1-8,10,33H,9,27-28H2/b31-10-. The molecule has 0 aliphatic carbocycles. The Labute approximate surface area is 183 Å². The Morgan fingerprint density at radius 3 is 2.27 bits per heavy atom. The Balaban J connectivity index is 2.07. The lowest BCUT2D eigenvalue weighted by Crippen LogP contribution is -2.54. The van der Waals surface area contributed by atoms with E-state index < -0.39 is 52.6 Å². The molecule has 2 aromatic carbocycles. The third kappa shape index (κ3) is 4.59. The second-order valence-corrected chi connectivity index (χ2v) is 6.91. The van der Waals surface area contributed by atoms with Crippen LogP contribution in [0.5, 0.6) is 0 Å². The first-order valence-electron chi connectivity index (χ1n) is 9.08. The molecule has 0 spiro atoms. The van der Waals surface area contributed by atoms with Crippen LogP contribution in [0.1, 0.15) is 11.3 Å². The molecule has 0 bridgehead atoms. The van der Waals surface area contributed by atoms with Gasteiger partial charge in [0.05, 0.1) is 24.6 Å². The van der Waals surface area contributed by atoms with Crippen molar-refractivity contribution in [3.05, 3.63) is 83.3 Å². The number of alkyl halides is 2. The first-order valence-corrected chi connectivity index (χ1v) is 9.08. The molecule has 0 saturated heterocycles. The van der Waals surface area contributed by atoms with Crippen LogP contribution in [-0.2, 0) is 11.5 Å². The van der Waals surface area contributed by atoms with Crippen molar-refractivity contribution in [2.75, 3.05) is 6.54 Å². The SMILES string of the molecule is N/N=C\N(N)CC(O)(c1ccc(F)cc1F)C(F)(F)c1cnc(-c2ccc(F)c(F)c2)cn1. The minimum absolute atomic E-state index is 0.0448. The molecule has 0 amide bonds. The van der Waals surface area contributed by atoms with Gasteiger partial charge in [0.2, 0.25) is 0 Å². The highest BCUT2D eigenvalue weighted by Gasteiger charge is 2.58. The van der Waals surface area contributed by atoms with E-state index in [4.69, 9.17) is 11.7 Å². The van der Waals surface area contributed by atoms with E-state index in [1.807, 2.05) is 0 Å². The zero-order chi connectivity index (χ0) is 24.4. The number of benzene rings is 2. The van der Waals surface area contributed by atoms with Crippen LogP contribution in [0.25, 0.3) is 11.3 Å². The smallest absolute Gasteiger partial charge is 0.325 e. The van der Waals surface area contributed by atoms with Crippen LogP contribution >= 0.6 is 0 Å². The minimum atomic E-state index is -4.34. The zero-order valence-electron chi connectivity index (χ0n) is 16.6. The van der Waals surface area contributed by atoms with Gasteiger partial charge >= 0.3 is 5.92 Å². The maximum atomic E-state index is 15.5. The van der Waals surface area contributed by atoms with Gasteiger partial charge in [0.25, 0.3) is 0 Å². The molecule has 1 aromatic heterocycles. The summed E-state index contributed by atoms with van der Waals surface area (Å²) in [5.41, 5.74) is -5.53. The van der Waals surface area contributed by atoms with Crippen LogP contribution in [0, 0.1) is 23.3 Å². The Hall–Kier alpha value is -3.71. The number of hydrazone groups is 1. The Bertz CT molecular complexity index is 1180. The van der Waals surface area contributed by atoms with Gasteiger partial charge in [0.15, 0.2) is 17.2 Å². The van der Waals surface area contributed by atoms with E-state index >= 15 is 8.78 Å². The molecule has 3 aromatic rings. The Morgan fingerprint density at radius 2 is 1.70 bits per heavy atom. The number of aliphatic hydroxyl groups is 1. The molecule has 13 heteroatoms. The van der Waals surface area contributed by atoms with Gasteiger partial charge in [-0.3, -0.25) is 15.0 Å². The molecule has 1 unspecified atom stereocenters. The first kappa shape index (κ1) is 23.9. The van der Waals surface area contributed by atoms with Crippen molar-refractivity contribution in [1.82, 2.24) is 15.0 Å². The van der Waals surface area contributed by atoms with E-state index in [1.54, 1.807) is 0 Å². The highest BCUT2D eigenvalue weighted by atomic mass is 19.3. The van der Waals surface area contributed by atoms with Gasteiger partial charge < -0.3 is 10.9 Å². The topological polar surface area (TPSA) is 114 Å². The third-order valence-corrected chi connectivity index (χ3v) is 4.71. The fourth-order valence-electron chi connectivity index (χ4n) is 3.08. The van der Waals surface area contributed by atoms with Gasteiger partial charge in [-0.25, -0.2) is 23.4 Å². The van der Waals surface area contributed by atoms with Crippen LogP contribution in [-0.4, -0.2) is 33.0 Å². The molecule has 0 aliphatic heterocycles. The third-order valence-electron chi connectivity index (χ3n) is 4.71. The second-order valence-electron chi connectivity index (χ2n) is 6.91. The predicted octanol–water partition coefficient (Wildman–Crippen LogP) is 2.76. The highest BCUT2D eigenvalue weighted by molar-refractivity contribution is 5.58. The van der Waals surface area contributed by atoms with Crippen molar-refractivity contribution in [3.8, 4) is 11.3 Å². The highest BCUT2D eigenvalue weighted by Crippen LogP contribution is 2.45. The summed E-state index contributed by atoms with van der Waals surface area (Å²) in [5.74, 6) is 1.25. The van der Waals surface area contributed by atoms with Gasteiger partial charge in [-0.1, -0.05) is 0 Å². The average molecular weight is 470 g/mol. The van der Waals surface area contributed by atoms with E-state index in [-0.39, 0.29) is 11.3 Å². The van der Waals surface area contributed by atoms with Crippen LogP contribution in [0.3, 0.4) is 0 Å². The number of nitrogens with zero attached hydrogens (tertiary/aromatic N) is 4. The molecule has 0 saturated carbocycles. The molecule has 174 valence electrons. The molecule has 3 rings (SSSR count). The number of hydrogen-bond acceptors (Lipinski definition) is 6. The maximum absolute atomic E-state index is 15.5. The largest absolute Gasteiger partial charge is 0.377 e. The zero-order valence-corrected chi connectivity index (χ0v) is 16.6. The molecular weight excluding hydrogens is 454 g/mol. The van der Waals surface area contributed by atoms with E-state index in [0.29, 0.717) is 35.7 Å². The monoisotopic (exact) mass is 470 g/mol. The van der Waals surface area contributed by atoms with Gasteiger partial charge in [-0.15, -0.1) is 0 Å². The summed E-state index contributed by atoms with van der Waals surface area (Å²) in [6.07, 6.45) is 2.10. The number of nitrogens with two attached hydrogens (primary N) is 2. The summed E-state index contributed by atoms with van der Waals surface area (Å²) in [4.78, 5) is 7.33. The summed E-state index contributed by atoms with van der Waals surface area (Å²) < 4.78 is 85.4. The first-order chi connectivity index (χ1) is 15.5. The van der Waals surface area contributed by atoms with Crippen LogP contribution in [0.4, 0.5) is 26.3 Å². The number of hydrogen-bond donors (Lipinski definition) is 3. The molecule has 0 aliphatic rings. The van der Waals surface area contributed by atoms with Gasteiger partial charge in [-0.2, -0.15) is 13.9 Å². The van der Waals surface area contributed by atoms with Crippen molar-refractivity contribution in [2.45, 2.75) is 11.5 Å². The van der Waals surface area contributed by atoms with Crippen molar-refractivity contribution >= 4 is 6.34 Å². The van der Waals surface area contributed by atoms with Gasteiger partial charge in [-0.05, 0) is 30.3 Å². The maximum Gasteiger partial charge on any atom is 0.325 e. The number of hydrazine groups is 1. The summed E-state index contributed by atoms with van der Waals surface area (Å²) in [7, 11) is 0.